The van der Waals surface area contributed by atoms with Gasteiger partial charge in [0.25, 0.3) is 0 Å². The van der Waals surface area contributed by atoms with E-state index < -0.39 is 72.7 Å². The third-order valence-corrected chi connectivity index (χ3v) is 20.0. The van der Waals surface area contributed by atoms with Gasteiger partial charge in [-0.05, 0) is 56.2 Å². The number of amides is 1. The van der Waals surface area contributed by atoms with Crippen molar-refractivity contribution < 1.29 is 41.5 Å². The molecule has 1 aliphatic rings. The van der Waals surface area contributed by atoms with E-state index in [1.165, 1.54) is 23.8 Å². The molecule has 13 nitrogen and oxygen atoms in total. The van der Waals surface area contributed by atoms with Crippen molar-refractivity contribution in [3.63, 3.8) is 0 Å². The van der Waals surface area contributed by atoms with E-state index in [0.29, 0.717) is 0 Å². The second-order valence-corrected chi connectivity index (χ2v) is 26.6. The third kappa shape index (κ3) is 10.8. The Kier molecular flexibility index (Phi) is 14.4. The molecule has 5 atom stereocenters. The number of anilines is 1. The number of aromatic nitrogens is 2. The minimum atomic E-state index is -3.76. The molecule has 2 heterocycles. The van der Waals surface area contributed by atoms with Gasteiger partial charge in [0.1, 0.15) is 36.4 Å². The molecular weight excluding hydrogens is 674 g/mol. The first-order valence-electron chi connectivity index (χ1n) is 16.5. The van der Waals surface area contributed by atoms with Crippen LogP contribution in [0.1, 0.15) is 75.0 Å². The van der Waals surface area contributed by atoms with Crippen molar-refractivity contribution in [1.29, 1.82) is 0 Å². The fourth-order valence-corrected chi connectivity index (χ4v) is 8.66. The summed E-state index contributed by atoms with van der Waals surface area (Å²) in [7, 11) is -8.88. The largest absolute Gasteiger partial charge is 0.459 e. The van der Waals surface area contributed by atoms with E-state index in [-0.39, 0.29) is 41.4 Å². The summed E-state index contributed by atoms with van der Waals surface area (Å²) in [5.74, 6) is -1.07. The second-order valence-electron chi connectivity index (χ2n) is 15.0. The predicted molar refractivity (Wildman–Crippen MR) is 191 cm³/mol. The zero-order valence-corrected chi connectivity index (χ0v) is 34.0. The maximum Gasteiger partial charge on any atom is 0.351 e. The number of ether oxygens (including phenoxy) is 2. The van der Waals surface area contributed by atoms with Gasteiger partial charge in [-0.1, -0.05) is 47.6 Å². The lowest BCUT2D eigenvalue weighted by atomic mass is 10.0. The summed E-state index contributed by atoms with van der Waals surface area (Å²) in [6.07, 6.45) is -1.87. The molecule has 0 aromatic carbocycles. The highest BCUT2D eigenvalue weighted by molar-refractivity contribution is 7.54. The highest BCUT2D eigenvalue weighted by atomic mass is 31.2. The zero-order chi connectivity index (χ0) is 36.9. The van der Waals surface area contributed by atoms with Gasteiger partial charge in [-0.3, -0.25) is 18.7 Å². The fourth-order valence-electron chi connectivity index (χ4n) is 4.64. The molecule has 16 heteroatoms. The third-order valence-electron chi connectivity index (χ3n) is 9.13. The Morgan fingerprint density at radius 3 is 2.00 bits per heavy atom. The summed E-state index contributed by atoms with van der Waals surface area (Å²) in [5.41, 5.74) is -0.673. The molecule has 1 N–H and O–H groups in total. The number of carbonyl (C=O) groups excluding carboxylic acids is 2. The van der Waals surface area contributed by atoms with Gasteiger partial charge in [-0.2, -0.15) is 4.98 Å². The van der Waals surface area contributed by atoms with Gasteiger partial charge in [0.05, 0.1) is 13.2 Å². The Morgan fingerprint density at radius 1 is 1.04 bits per heavy atom. The van der Waals surface area contributed by atoms with E-state index in [4.69, 9.17) is 27.4 Å². The molecule has 0 aliphatic carbocycles. The lowest BCUT2D eigenvalue weighted by Gasteiger charge is -2.44. The molecule has 1 aromatic rings. The first kappa shape index (κ1) is 42.2. The van der Waals surface area contributed by atoms with Crippen molar-refractivity contribution in [2.24, 2.45) is 0 Å². The second kappa shape index (κ2) is 16.4. The molecule has 1 amide bonds. The molecule has 1 aliphatic heterocycles. The van der Waals surface area contributed by atoms with Gasteiger partial charge in [0, 0.05) is 19.5 Å². The van der Waals surface area contributed by atoms with Crippen LogP contribution in [0.5, 0.6) is 0 Å². The number of nitrogens with zero attached hydrogens (tertiary/aromatic N) is 2. The van der Waals surface area contributed by atoms with Gasteiger partial charge in [0.2, 0.25) is 5.91 Å². The zero-order valence-electron chi connectivity index (χ0n) is 31.1. The lowest BCUT2D eigenvalue weighted by molar-refractivity contribution is -0.158. The first-order valence-corrected chi connectivity index (χ1v) is 24.0. The summed E-state index contributed by atoms with van der Waals surface area (Å²) in [4.78, 5) is 42.6. The van der Waals surface area contributed by atoms with Gasteiger partial charge < -0.3 is 32.7 Å². The Bertz CT molecular complexity index is 1380. The van der Waals surface area contributed by atoms with Crippen molar-refractivity contribution in [1.82, 2.24) is 9.55 Å². The SMILES string of the molecule is C=CC[C@@H](OC(=O)CP(=O)(OCC)OCC)[C@H]1O[C@@H](n2ccc(NC(C)=O)nc2=O)[C@@H](O[Si](C)(C)C(C)(C)C)[C@@H]1O[Si](C)(C)C(C)(C)C. The molecule has 1 fully saturated rings. The highest BCUT2D eigenvalue weighted by Gasteiger charge is 2.57. The maximum absolute atomic E-state index is 13.5. The molecular formula is C32H58N3O10PSi2. The fraction of sp³-hybridized carbons (Fsp3) is 0.750. The minimum absolute atomic E-state index is 0.0898. The molecule has 1 aromatic heterocycles. The van der Waals surface area contributed by atoms with Gasteiger partial charge in [-0.15, -0.1) is 6.58 Å². The van der Waals surface area contributed by atoms with Crippen LogP contribution in [0, 0.1) is 0 Å². The Balaban J connectivity index is 2.76. The van der Waals surface area contributed by atoms with Crippen LogP contribution in [0.3, 0.4) is 0 Å². The monoisotopic (exact) mass is 731 g/mol. The normalized spacial score (nSPS) is 21.5. The molecule has 0 saturated carbocycles. The molecule has 0 bridgehead atoms. The smallest absolute Gasteiger partial charge is 0.351 e. The summed E-state index contributed by atoms with van der Waals surface area (Å²) < 4.78 is 52.0. The van der Waals surface area contributed by atoms with Crippen LogP contribution in [-0.4, -0.2) is 81.9 Å². The van der Waals surface area contributed by atoms with Crippen LogP contribution in [0.2, 0.25) is 36.3 Å². The van der Waals surface area contributed by atoms with Crippen LogP contribution in [0.4, 0.5) is 5.82 Å². The van der Waals surface area contributed by atoms with Crippen molar-refractivity contribution in [3.8, 4) is 0 Å². The maximum atomic E-state index is 13.5. The highest BCUT2D eigenvalue weighted by Crippen LogP contribution is 2.49. The number of rotatable bonds is 16. The number of nitrogens with one attached hydrogen (secondary N) is 1. The van der Waals surface area contributed by atoms with E-state index in [1.54, 1.807) is 19.9 Å². The summed E-state index contributed by atoms with van der Waals surface area (Å²) in [5, 5.41) is 2.09. The number of carbonyl (C=O) groups is 2. The van der Waals surface area contributed by atoms with Crippen LogP contribution >= 0.6 is 7.60 Å². The van der Waals surface area contributed by atoms with E-state index in [9.17, 15) is 18.9 Å². The molecule has 0 unspecified atom stereocenters. The van der Waals surface area contributed by atoms with E-state index in [0.717, 1.165) is 0 Å². The molecule has 274 valence electrons. The summed E-state index contributed by atoms with van der Waals surface area (Å²) >= 11 is 0. The number of esters is 1. The lowest BCUT2D eigenvalue weighted by Crippen LogP contribution is -2.55. The van der Waals surface area contributed by atoms with E-state index in [1.807, 2.05) is 0 Å². The van der Waals surface area contributed by atoms with Crippen molar-refractivity contribution in [2.45, 2.75) is 136 Å². The summed E-state index contributed by atoms with van der Waals surface area (Å²) in [6, 6.07) is 1.51. The quantitative estimate of drug-likeness (QED) is 0.0843. The van der Waals surface area contributed by atoms with Gasteiger partial charge in [0.15, 0.2) is 22.9 Å². The van der Waals surface area contributed by atoms with Gasteiger partial charge in [-0.25, -0.2) is 4.79 Å². The van der Waals surface area contributed by atoms with Crippen LogP contribution in [0.15, 0.2) is 29.7 Å². The average molecular weight is 732 g/mol. The van der Waals surface area contributed by atoms with Crippen molar-refractivity contribution >= 4 is 41.9 Å². The van der Waals surface area contributed by atoms with E-state index in [2.05, 4.69) is 84.6 Å². The van der Waals surface area contributed by atoms with Crippen LogP contribution in [-0.2, 0) is 41.5 Å². The Hall–Kier alpha value is -1.98. The Morgan fingerprint density at radius 2 is 1.56 bits per heavy atom. The topological polar surface area (TPSA) is 154 Å². The molecule has 48 heavy (non-hydrogen) atoms. The predicted octanol–water partition coefficient (Wildman–Crippen LogP) is 6.63. The first-order chi connectivity index (χ1) is 21.9. The number of hydrogen-bond donors (Lipinski definition) is 1. The Labute approximate surface area is 288 Å². The molecule has 0 radical (unpaired) electrons. The van der Waals surface area contributed by atoms with Crippen molar-refractivity contribution in [3.05, 3.63) is 35.4 Å². The molecule has 2 rings (SSSR count). The standard InChI is InChI=1S/C32H58N3O10PSi2/c1-15-18-23(42-25(37)21-46(39,40-16-2)41-17-3)26-27(44-47(11,12)31(5,6)7)28(45-48(13,14)32(8,9)10)29(43-26)35-20-19-24(33-22(4)36)34-30(35)38/h15,19-20,23,26-29H,1,16-18,21H2,2-14H3,(H,33,34,36,38)/t23-,26-,27-,28+,29-/m1/s1. The van der Waals surface area contributed by atoms with Gasteiger partial charge >= 0.3 is 19.3 Å². The average Bonchev–Trinajstić information content (AvgIpc) is 3.23. The molecule has 1 saturated heterocycles. The summed E-state index contributed by atoms with van der Waals surface area (Å²) in [6.45, 7) is 29.8. The minimum Gasteiger partial charge on any atom is -0.459 e. The van der Waals surface area contributed by atoms with Crippen LogP contribution in [0.25, 0.3) is 0 Å². The van der Waals surface area contributed by atoms with Crippen molar-refractivity contribution in [2.75, 3.05) is 24.7 Å². The number of hydrogen-bond acceptors (Lipinski definition) is 11. The molecule has 0 spiro atoms. The van der Waals surface area contributed by atoms with E-state index >= 15 is 0 Å². The van der Waals surface area contributed by atoms with Crippen LogP contribution < -0.4 is 11.0 Å².